The van der Waals surface area contributed by atoms with Crippen molar-refractivity contribution in [3.8, 4) is 0 Å². The Balaban J connectivity index is 1.63. The monoisotopic (exact) mass is 309 g/mol. The number of hydrogen-bond donors (Lipinski definition) is 2. The van der Waals surface area contributed by atoms with Crippen LogP contribution in [-0.4, -0.2) is 24.6 Å². The lowest BCUT2D eigenvalue weighted by Gasteiger charge is -2.13. The van der Waals surface area contributed by atoms with Gasteiger partial charge in [0.1, 0.15) is 11.5 Å². The molecule has 3 aromatic heterocycles. The van der Waals surface area contributed by atoms with Crippen LogP contribution >= 0.6 is 0 Å². The zero-order valence-electron chi connectivity index (χ0n) is 12.8. The topological polar surface area (TPSA) is 75.9 Å². The summed E-state index contributed by atoms with van der Waals surface area (Å²) in [5, 5.41) is 13.2. The highest BCUT2D eigenvalue weighted by Gasteiger charge is 2.19. The fourth-order valence-corrected chi connectivity index (χ4v) is 3.18. The van der Waals surface area contributed by atoms with E-state index in [4.69, 9.17) is 5.11 Å². The Bertz CT molecular complexity index is 805. The smallest absolute Gasteiger partial charge is 0.230 e. The molecule has 0 aliphatic heterocycles. The predicted molar refractivity (Wildman–Crippen MR) is 88.5 cm³/mol. The molecule has 1 aliphatic carbocycles. The molecule has 0 unspecified atom stereocenters. The normalized spacial score (nSPS) is 15.3. The van der Waals surface area contributed by atoms with Gasteiger partial charge in [-0.05, 0) is 30.5 Å². The Labute approximate surface area is 134 Å². The summed E-state index contributed by atoms with van der Waals surface area (Å²) in [6.07, 6.45) is 10.6. The second kappa shape index (κ2) is 5.96. The van der Waals surface area contributed by atoms with Gasteiger partial charge in [0.2, 0.25) is 5.95 Å². The number of nitrogens with zero attached hydrogens (tertiary/aromatic N) is 4. The SMILES string of the molecule is OCc1ccc(Nc2ncc3ccn(C4CCCC4)c3n2)nc1. The van der Waals surface area contributed by atoms with E-state index in [0.29, 0.717) is 17.8 Å². The maximum Gasteiger partial charge on any atom is 0.230 e. The van der Waals surface area contributed by atoms with E-state index in [2.05, 4.69) is 37.1 Å². The summed E-state index contributed by atoms with van der Waals surface area (Å²) >= 11 is 0. The largest absolute Gasteiger partial charge is 0.392 e. The Kier molecular flexibility index (Phi) is 3.67. The van der Waals surface area contributed by atoms with Crippen molar-refractivity contribution in [3.05, 3.63) is 42.4 Å². The second-order valence-electron chi connectivity index (χ2n) is 5.97. The van der Waals surface area contributed by atoms with E-state index in [9.17, 15) is 0 Å². The predicted octanol–water partition coefficient (Wildman–Crippen LogP) is 3.18. The van der Waals surface area contributed by atoms with Crippen LogP contribution in [0.1, 0.15) is 37.3 Å². The second-order valence-corrected chi connectivity index (χ2v) is 5.97. The first-order chi connectivity index (χ1) is 11.3. The Morgan fingerprint density at radius 3 is 2.74 bits per heavy atom. The van der Waals surface area contributed by atoms with Crippen LogP contribution in [0.5, 0.6) is 0 Å². The zero-order chi connectivity index (χ0) is 15.6. The third-order valence-corrected chi connectivity index (χ3v) is 4.42. The summed E-state index contributed by atoms with van der Waals surface area (Å²) in [7, 11) is 0. The average Bonchev–Trinajstić information content (AvgIpc) is 3.24. The molecule has 4 rings (SSSR count). The zero-order valence-corrected chi connectivity index (χ0v) is 12.8. The first-order valence-electron chi connectivity index (χ1n) is 8.00. The van der Waals surface area contributed by atoms with Crippen molar-refractivity contribution in [1.29, 1.82) is 0 Å². The fourth-order valence-electron chi connectivity index (χ4n) is 3.18. The number of nitrogens with one attached hydrogen (secondary N) is 1. The van der Waals surface area contributed by atoms with Crippen LogP contribution < -0.4 is 5.32 Å². The average molecular weight is 309 g/mol. The third-order valence-electron chi connectivity index (χ3n) is 4.42. The number of anilines is 2. The fraction of sp³-hybridized carbons (Fsp3) is 0.353. The van der Waals surface area contributed by atoms with Crippen molar-refractivity contribution in [2.75, 3.05) is 5.32 Å². The van der Waals surface area contributed by atoms with Gasteiger partial charge in [0.05, 0.1) is 6.61 Å². The van der Waals surface area contributed by atoms with Gasteiger partial charge >= 0.3 is 0 Å². The van der Waals surface area contributed by atoms with Crippen LogP contribution in [0.3, 0.4) is 0 Å². The van der Waals surface area contributed by atoms with E-state index in [1.807, 2.05) is 18.3 Å². The molecule has 2 N–H and O–H groups in total. The molecule has 23 heavy (non-hydrogen) atoms. The Morgan fingerprint density at radius 2 is 2.00 bits per heavy atom. The van der Waals surface area contributed by atoms with Gasteiger partial charge in [-0.1, -0.05) is 18.9 Å². The summed E-state index contributed by atoms with van der Waals surface area (Å²) in [6.45, 7) is -0.00928. The van der Waals surface area contributed by atoms with Gasteiger partial charge in [0.25, 0.3) is 0 Å². The molecule has 118 valence electrons. The molecule has 6 nitrogen and oxygen atoms in total. The number of aliphatic hydroxyl groups is 1. The standard InChI is InChI=1S/C17H19N5O/c23-11-12-5-6-15(18-9-12)20-17-19-10-13-7-8-22(16(13)21-17)14-3-1-2-4-14/h5-10,14,23H,1-4,11H2,(H,18,19,20,21). The van der Waals surface area contributed by atoms with E-state index in [1.165, 1.54) is 25.7 Å². The lowest BCUT2D eigenvalue weighted by Crippen LogP contribution is -2.05. The van der Waals surface area contributed by atoms with Crippen molar-refractivity contribution >= 4 is 22.8 Å². The van der Waals surface area contributed by atoms with E-state index >= 15 is 0 Å². The number of aliphatic hydroxyl groups excluding tert-OH is 1. The molecule has 0 spiro atoms. The van der Waals surface area contributed by atoms with Gasteiger partial charge in [0.15, 0.2) is 0 Å². The van der Waals surface area contributed by atoms with E-state index < -0.39 is 0 Å². The summed E-state index contributed by atoms with van der Waals surface area (Å²) in [6, 6.07) is 6.27. The van der Waals surface area contributed by atoms with E-state index in [-0.39, 0.29) is 6.61 Å². The van der Waals surface area contributed by atoms with Crippen molar-refractivity contribution in [2.24, 2.45) is 0 Å². The van der Waals surface area contributed by atoms with Crippen molar-refractivity contribution < 1.29 is 5.11 Å². The molecule has 1 fully saturated rings. The number of hydrogen-bond acceptors (Lipinski definition) is 5. The van der Waals surface area contributed by atoms with Crippen LogP contribution in [0, 0.1) is 0 Å². The van der Waals surface area contributed by atoms with Gasteiger partial charge in [-0.15, -0.1) is 0 Å². The summed E-state index contributed by atoms with van der Waals surface area (Å²) in [4.78, 5) is 13.3. The third kappa shape index (κ3) is 2.77. The van der Waals surface area contributed by atoms with Crippen LogP contribution in [0.15, 0.2) is 36.8 Å². The molecule has 0 radical (unpaired) electrons. The molecule has 0 aromatic carbocycles. The number of pyridine rings is 1. The quantitative estimate of drug-likeness (QED) is 0.774. The molecule has 0 atom stereocenters. The molecule has 0 saturated heterocycles. The number of aromatic nitrogens is 4. The molecule has 1 saturated carbocycles. The molecular formula is C17H19N5O. The highest BCUT2D eigenvalue weighted by Crippen LogP contribution is 2.32. The van der Waals surface area contributed by atoms with Crippen LogP contribution in [0.2, 0.25) is 0 Å². The van der Waals surface area contributed by atoms with Crippen LogP contribution in [0.4, 0.5) is 11.8 Å². The lowest BCUT2D eigenvalue weighted by atomic mass is 10.2. The van der Waals surface area contributed by atoms with Gasteiger partial charge in [-0.3, -0.25) is 0 Å². The van der Waals surface area contributed by atoms with Crippen molar-refractivity contribution in [1.82, 2.24) is 19.5 Å². The molecular weight excluding hydrogens is 290 g/mol. The highest BCUT2D eigenvalue weighted by molar-refractivity contribution is 5.76. The maximum absolute atomic E-state index is 9.06. The van der Waals surface area contributed by atoms with Gasteiger partial charge in [-0.2, -0.15) is 4.98 Å². The lowest BCUT2D eigenvalue weighted by molar-refractivity contribution is 0.281. The first-order valence-corrected chi connectivity index (χ1v) is 8.00. The maximum atomic E-state index is 9.06. The van der Waals surface area contributed by atoms with Gasteiger partial charge in [0, 0.05) is 30.0 Å². The van der Waals surface area contributed by atoms with Crippen molar-refractivity contribution in [3.63, 3.8) is 0 Å². The minimum atomic E-state index is -0.00928. The molecule has 0 amide bonds. The molecule has 1 aliphatic rings. The van der Waals surface area contributed by atoms with E-state index in [1.54, 1.807) is 6.20 Å². The Morgan fingerprint density at radius 1 is 1.13 bits per heavy atom. The number of rotatable bonds is 4. The molecule has 0 bridgehead atoms. The highest BCUT2D eigenvalue weighted by atomic mass is 16.3. The minimum absolute atomic E-state index is 0.00928. The summed E-state index contributed by atoms with van der Waals surface area (Å²) < 4.78 is 2.28. The van der Waals surface area contributed by atoms with E-state index in [0.717, 1.165) is 16.6 Å². The van der Waals surface area contributed by atoms with Gasteiger partial charge in [-0.25, -0.2) is 9.97 Å². The number of fused-ring (bicyclic) bond motifs is 1. The van der Waals surface area contributed by atoms with Crippen molar-refractivity contribution in [2.45, 2.75) is 38.3 Å². The summed E-state index contributed by atoms with van der Waals surface area (Å²) in [5.41, 5.74) is 1.75. The summed E-state index contributed by atoms with van der Waals surface area (Å²) in [5.74, 6) is 1.21. The van der Waals surface area contributed by atoms with Gasteiger partial charge < -0.3 is 15.0 Å². The molecule has 6 heteroatoms. The molecule has 3 heterocycles. The van der Waals surface area contributed by atoms with Crippen LogP contribution in [0.25, 0.3) is 11.0 Å². The minimum Gasteiger partial charge on any atom is -0.392 e. The van der Waals surface area contributed by atoms with Crippen LogP contribution in [-0.2, 0) is 6.61 Å². The first kappa shape index (κ1) is 14.1. The Hall–Kier alpha value is -2.47. The molecule has 3 aromatic rings.